The van der Waals surface area contributed by atoms with Crippen LogP contribution in [0.25, 0.3) is 0 Å². The summed E-state index contributed by atoms with van der Waals surface area (Å²) in [7, 11) is 0. The molecular weight excluding hydrogens is 166 g/mol. The van der Waals surface area contributed by atoms with Gasteiger partial charge in [-0.05, 0) is 12.5 Å². The third-order valence-electron chi connectivity index (χ3n) is 1.61. The van der Waals surface area contributed by atoms with Gasteiger partial charge in [-0.15, -0.1) is 0 Å². The molecule has 0 fully saturated rings. The van der Waals surface area contributed by atoms with E-state index in [0.29, 0.717) is 13.2 Å². The van der Waals surface area contributed by atoms with E-state index in [-0.39, 0.29) is 0 Å². The second-order valence-electron chi connectivity index (χ2n) is 2.53. The number of hydroxylamine groups is 1. The molecule has 0 saturated carbocycles. The molecule has 0 spiro atoms. The van der Waals surface area contributed by atoms with Crippen LogP contribution in [0.15, 0.2) is 35.6 Å². The van der Waals surface area contributed by atoms with E-state index in [1.54, 1.807) is 0 Å². The zero-order chi connectivity index (χ0) is 9.52. The summed E-state index contributed by atoms with van der Waals surface area (Å²) in [5, 5.41) is 4.43. The van der Waals surface area contributed by atoms with Gasteiger partial charge in [0.15, 0.2) is 0 Å². The van der Waals surface area contributed by atoms with Crippen molar-refractivity contribution in [1.82, 2.24) is 5.17 Å². The first-order valence-electron chi connectivity index (χ1n) is 4.18. The van der Waals surface area contributed by atoms with Gasteiger partial charge in [-0.1, -0.05) is 35.6 Å². The van der Waals surface area contributed by atoms with E-state index < -0.39 is 0 Å². The van der Waals surface area contributed by atoms with Crippen LogP contribution in [-0.2, 0) is 11.4 Å². The summed E-state index contributed by atoms with van der Waals surface area (Å²) in [6.45, 7) is 2.91. The third-order valence-corrected chi connectivity index (χ3v) is 1.61. The number of hydrogen-bond donors (Lipinski definition) is 1. The molecule has 0 aliphatic heterocycles. The van der Waals surface area contributed by atoms with Crippen LogP contribution in [0.4, 0.5) is 0 Å². The van der Waals surface area contributed by atoms with Gasteiger partial charge in [0.2, 0.25) is 0 Å². The summed E-state index contributed by atoms with van der Waals surface area (Å²) in [4.78, 5) is 5.21. The average molecular weight is 179 g/mol. The zero-order valence-electron chi connectivity index (χ0n) is 7.60. The molecule has 0 atom stereocenters. The van der Waals surface area contributed by atoms with Crippen LogP contribution >= 0.6 is 0 Å². The SMILES string of the molecule is CCN(N=N)OCc1ccccc1. The Morgan fingerprint density at radius 2 is 2.08 bits per heavy atom. The normalized spacial score (nSPS) is 9.62. The molecule has 0 unspecified atom stereocenters. The van der Waals surface area contributed by atoms with Crippen LogP contribution in [0.3, 0.4) is 0 Å². The maximum absolute atomic E-state index is 6.75. The third kappa shape index (κ3) is 3.21. The quantitative estimate of drug-likeness (QED) is 0.557. The van der Waals surface area contributed by atoms with E-state index in [9.17, 15) is 0 Å². The van der Waals surface area contributed by atoms with Crippen molar-refractivity contribution in [3.63, 3.8) is 0 Å². The molecule has 13 heavy (non-hydrogen) atoms. The lowest BCUT2D eigenvalue weighted by Gasteiger charge is -2.13. The monoisotopic (exact) mass is 179 g/mol. The summed E-state index contributed by atoms with van der Waals surface area (Å²) >= 11 is 0. The van der Waals surface area contributed by atoms with Crippen LogP contribution in [-0.4, -0.2) is 11.7 Å². The Bertz CT molecular complexity index is 250. The first kappa shape index (κ1) is 9.67. The second kappa shape index (κ2) is 5.27. The number of rotatable bonds is 5. The molecule has 1 rings (SSSR count). The molecule has 4 nitrogen and oxygen atoms in total. The van der Waals surface area contributed by atoms with Crippen molar-refractivity contribution in [1.29, 1.82) is 5.53 Å². The largest absolute Gasteiger partial charge is 0.250 e. The van der Waals surface area contributed by atoms with Gasteiger partial charge in [-0.25, -0.2) is 0 Å². The van der Waals surface area contributed by atoms with Crippen molar-refractivity contribution >= 4 is 0 Å². The van der Waals surface area contributed by atoms with E-state index >= 15 is 0 Å². The highest BCUT2D eigenvalue weighted by atomic mass is 16.7. The van der Waals surface area contributed by atoms with Gasteiger partial charge < -0.3 is 0 Å². The van der Waals surface area contributed by atoms with Crippen molar-refractivity contribution in [2.45, 2.75) is 13.5 Å². The molecule has 0 heterocycles. The Hall–Kier alpha value is -1.42. The van der Waals surface area contributed by atoms with E-state index in [1.807, 2.05) is 37.3 Å². The lowest BCUT2D eigenvalue weighted by atomic mass is 10.2. The summed E-state index contributed by atoms with van der Waals surface area (Å²) in [5.41, 5.74) is 7.83. The molecule has 70 valence electrons. The Kier molecular flexibility index (Phi) is 3.92. The van der Waals surface area contributed by atoms with Crippen molar-refractivity contribution < 1.29 is 4.84 Å². The maximum atomic E-state index is 6.75. The topological polar surface area (TPSA) is 48.7 Å². The minimum Gasteiger partial charge on any atom is -0.250 e. The molecule has 0 aromatic heterocycles. The standard InChI is InChI=1S/C9H13N3O/c1-2-12(11-10)13-8-9-6-4-3-5-7-9/h3-7,10H,2,8H2,1H3. The highest BCUT2D eigenvalue weighted by molar-refractivity contribution is 5.13. The lowest BCUT2D eigenvalue weighted by molar-refractivity contribution is -0.174. The maximum Gasteiger partial charge on any atom is 0.102 e. The lowest BCUT2D eigenvalue weighted by Crippen LogP contribution is -2.16. The van der Waals surface area contributed by atoms with Crippen molar-refractivity contribution in [3.05, 3.63) is 35.9 Å². The number of hydrogen-bond acceptors (Lipinski definition) is 3. The Morgan fingerprint density at radius 1 is 1.38 bits per heavy atom. The predicted octanol–water partition coefficient (Wildman–Crippen LogP) is 2.39. The molecule has 0 aliphatic carbocycles. The number of benzene rings is 1. The zero-order valence-corrected chi connectivity index (χ0v) is 7.60. The molecule has 1 aromatic carbocycles. The first-order valence-corrected chi connectivity index (χ1v) is 4.18. The molecule has 0 aliphatic rings. The van der Waals surface area contributed by atoms with Crippen LogP contribution in [0.2, 0.25) is 0 Å². The van der Waals surface area contributed by atoms with Gasteiger partial charge in [0, 0.05) is 0 Å². The minimum absolute atomic E-state index is 0.455. The summed E-state index contributed by atoms with van der Waals surface area (Å²) in [6, 6.07) is 9.80. The average Bonchev–Trinajstić information content (AvgIpc) is 2.21. The molecule has 0 bridgehead atoms. The first-order chi connectivity index (χ1) is 6.36. The molecule has 0 amide bonds. The van der Waals surface area contributed by atoms with Gasteiger partial charge in [-0.3, -0.25) is 4.84 Å². The Labute approximate surface area is 77.6 Å². The fourth-order valence-corrected chi connectivity index (χ4v) is 0.914. The summed E-state index contributed by atoms with van der Waals surface area (Å²) < 4.78 is 0. The predicted molar refractivity (Wildman–Crippen MR) is 48.8 cm³/mol. The van der Waals surface area contributed by atoms with Crippen LogP contribution in [0.1, 0.15) is 12.5 Å². The van der Waals surface area contributed by atoms with Crippen molar-refractivity contribution in [3.8, 4) is 0 Å². The molecule has 0 saturated heterocycles. The number of nitrogens with one attached hydrogen (secondary N) is 1. The highest BCUT2D eigenvalue weighted by Gasteiger charge is 1.97. The van der Waals surface area contributed by atoms with Crippen molar-refractivity contribution in [2.24, 2.45) is 5.22 Å². The highest BCUT2D eigenvalue weighted by Crippen LogP contribution is 2.02. The van der Waals surface area contributed by atoms with Crippen molar-refractivity contribution in [2.75, 3.05) is 6.54 Å². The van der Waals surface area contributed by atoms with E-state index in [2.05, 4.69) is 5.22 Å². The summed E-state index contributed by atoms with van der Waals surface area (Å²) in [5.74, 6) is 0. The van der Waals surface area contributed by atoms with Crippen LogP contribution in [0, 0.1) is 5.53 Å². The van der Waals surface area contributed by atoms with Crippen LogP contribution in [0.5, 0.6) is 0 Å². The number of nitrogens with zero attached hydrogens (tertiary/aromatic N) is 2. The van der Waals surface area contributed by atoms with Gasteiger partial charge >= 0.3 is 0 Å². The minimum atomic E-state index is 0.455. The molecule has 1 aromatic rings. The molecule has 0 radical (unpaired) electrons. The van der Waals surface area contributed by atoms with Gasteiger partial charge in [0.1, 0.15) is 6.61 Å². The van der Waals surface area contributed by atoms with Gasteiger partial charge in [-0.2, -0.15) is 10.7 Å². The fourth-order valence-electron chi connectivity index (χ4n) is 0.914. The molecule has 1 N–H and O–H groups in total. The van der Waals surface area contributed by atoms with Crippen LogP contribution < -0.4 is 0 Å². The van der Waals surface area contributed by atoms with E-state index in [4.69, 9.17) is 10.4 Å². The molecular formula is C9H13N3O. The van der Waals surface area contributed by atoms with E-state index in [0.717, 1.165) is 5.56 Å². The van der Waals surface area contributed by atoms with Gasteiger partial charge in [0.25, 0.3) is 0 Å². The molecule has 4 heteroatoms. The smallest absolute Gasteiger partial charge is 0.102 e. The van der Waals surface area contributed by atoms with Gasteiger partial charge in [0.05, 0.1) is 6.54 Å². The van der Waals surface area contributed by atoms with E-state index in [1.165, 1.54) is 5.17 Å². The summed E-state index contributed by atoms with van der Waals surface area (Å²) in [6.07, 6.45) is 0. The Morgan fingerprint density at radius 3 is 2.62 bits per heavy atom. The fraction of sp³-hybridized carbons (Fsp3) is 0.333. The Balaban J connectivity index is 2.38. The second-order valence-corrected chi connectivity index (χ2v) is 2.53.